The van der Waals surface area contributed by atoms with Gasteiger partial charge >= 0.3 is 0 Å². The maximum Gasteiger partial charge on any atom is 0.0274 e. The molecule has 0 amide bonds. The van der Waals surface area contributed by atoms with Gasteiger partial charge in [0.25, 0.3) is 0 Å². The van der Waals surface area contributed by atoms with Gasteiger partial charge in [-0.25, -0.2) is 0 Å². The summed E-state index contributed by atoms with van der Waals surface area (Å²) >= 11 is 0. The van der Waals surface area contributed by atoms with E-state index in [2.05, 4.69) is 51.8 Å². The lowest BCUT2D eigenvalue weighted by Gasteiger charge is -2.50. The van der Waals surface area contributed by atoms with Gasteiger partial charge in [-0.3, -0.25) is 4.90 Å². The summed E-state index contributed by atoms with van der Waals surface area (Å²) < 4.78 is 0. The third kappa shape index (κ3) is 4.46. The summed E-state index contributed by atoms with van der Waals surface area (Å²) in [5.41, 5.74) is 0.427. The van der Waals surface area contributed by atoms with Crippen molar-refractivity contribution >= 4 is 0 Å². The van der Waals surface area contributed by atoms with E-state index in [0.717, 1.165) is 12.6 Å². The van der Waals surface area contributed by atoms with Gasteiger partial charge in [-0.05, 0) is 51.1 Å². The molecule has 120 valence electrons. The Balaban J connectivity index is 2.88. The summed E-state index contributed by atoms with van der Waals surface area (Å²) in [5.74, 6) is 0. The average molecular weight is 283 g/mol. The molecule has 1 saturated carbocycles. The highest BCUT2D eigenvalue weighted by atomic mass is 15.2. The van der Waals surface area contributed by atoms with Crippen molar-refractivity contribution in [2.75, 3.05) is 13.1 Å². The Morgan fingerprint density at radius 2 is 1.95 bits per heavy atom. The molecule has 20 heavy (non-hydrogen) atoms. The zero-order valence-electron chi connectivity index (χ0n) is 14.8. The molecule has 0 spiro atoms. The minimum Gasteiger partial charge on any atom is -0.312 e. The van der Waals surface area contributed by atoms with Crippen molar-refractivity contribution in [1.82, 2.24) is 10.2 Å². The molecule has 0 aromatic rings. The lowest BCUT2D eigenvalue weighted by molar-refractivity contribution is 0.0257. The minimum atomic E-state index is 0.427. The molecule has 0 aromatic heterocycles. The highest BCUT2D eigenvalue weighted by Crippen LogP contribution is 2.38. The van der Waals surface area contributed by atoms with Gasteiger partial charge in [0, 0.05) is 18.1 Å². The number of hydrogen-bond acceptors (Lipinski definition) is 2. The average Bonchev–Trinajstić information content (AvgIpc) is 2.41. The van der Waals surface area contributed by atoms with Crippen LogP contribution in [0.1, 0.15) is 80.1 Å². The van der Waals surface area contributed by atoms with E-state index in [4.69, 9.17) is 0 Å². The first-order valence-electron chi connectivity index (χ1n) is 8.97. The van der Waals surface area contributed by atoms with Gasteiger partial charge in [0.05, 0.1) is 0 Å². The quantitative estimate of drug-likeness (QED) is 0.708. The Morgan fingerprint density at radius 1 is 1.25 bits per heavy atom. The second-order valence-corrected chi connectivity index (χ2v) is 7.33. The van der Waals surface area contributed by atoms with Crippen LogP contribution < -0.4 is 5.32 Å². The first kappa shape index (κ1) is 18.0. The molecule has 0 aliphatic heterocycles. The maximum absolute atomic E-state index is 3.82. The van der Waals surface area contributed by atoms with E-state index in [0.29, 0.717) is 17.5 Å². The fourth-order valence-corrected chi connectivity index (χ4v) is 3.89. The zero-order valence-corrected chi connectivity index (χ0v) is 14.8. The van der Waals surface area contributed by atoms with Crippen LogP contribution in [-0.2, 0) is 0 Å². The minimum absolute atomic E-state index is 0.427. The van der Waals surface area contributed by atoms with Crippen LogP contribution in [0.15, 0.2) is 0 Å². The molecular formula is C18H38N2. The van der Waals surface area contributed by atoms with Gasteiger partial charge in [-0.1, -0.05) is 47.5 Å². The van der Waals surface area contributed by atoms with Crippen LogP contribution >= 0.6 is 0 Å². The maximum atomic E-state index is 3.82. The Hall–Kier alpha value is -0.0800. The van der Waals surface area contributed by atoms with Crippen molar-refractivity contribution in [2.24, 2.45) is 5.41 Å². The normalized spacial score (nSPS) is 27.8. The van der Waals surface area contributed by atoms with Crippen molar-refractivity contribution in [3.63, 3.8) is 0 Å². The molecule has 3 atom stereocenters. The molecule has 0 radical (unpaired) electrons. The summed E-state index contributed by atoms with van der Waals surface area (Å²) in [4.78, 5) is 2.82. The molecule has 0 bridgehead atoms. The first-order chi connectivity index (χ1) is 9.47. The molecule has 1 rings (SSSR count). The van der Waals surface area contributed by atoms with E-state index in [1.54, 1.807) is 0 Å². The van der Waals surface area contributed by atoms with Crippen molar-refractivity contribution in [3.8, 4) is 0 Å². The molecule has 3 unspecified atom stereocenters. The van der Waals surface area contributed by atoms with E-state index in [1.165, 1.54) is 45.1 Å². The Morgan fingerprint density at radius 3 is 2.50 bits per heavy atom. The predicted molar refractivity (Wildman–Crippen MR) is 90.3 cm³/mol. The van der Waals surface area contributed by atoms with E-state index in [9.17, 15) is 0 Å². The summed E-state index contributed by atoms with van der Waals surface area (Å²) in [7, 11) is 0. The molecule has 0 saturated heterocycles. The molecule has 1 fully saturated rings. The third-order valence-corrected chi connectivity index (χ3v) is 5.32. The van der Waals surface area contributed by atoms with E-state index in [-0.39, 0.29) is 0 Å². The summed E-state index contributed by atoms with van der Waals surface area (Å²) in [5, 5.41) is 3.82. The van der Waals surface area contributed by atoms with Gasteiger partial charge in [-0.2, -0.15) is 0 Å². The number of rotatable bonds is 8. The molecule has 1 N–H and O–H groups in total. The van der Waals surface area contributed by atoms with Crippen LogP contribution in [0.25, 0.3) is 0 Å². The molecule has 0 heterocycles. The molecule has 2 nitrogen and oxygen atoms in total. The summed E-state index contributed by atoms with van der Waals surface area (Å²) in [6.07, 6.45) is 8.02. The van der Waals surface area contributed by atoms with E-state index in [1.807, 2.05) is 0 Å². The van der Waals surface area contributed by atoms with E-state index < -0.39 is 0 Å². The summed E-state index contributed by atoms with van der Waals surface area (Å²) in [6, 6.07) is 2.08. The third-order valence-electron chi connectivity index (χ3n) is 5.32. The van der Waals surface area contributed by atoms with Crippen LogP contribution in [0.3, 0.4) is 0 Å². The van der Waals surface area contributed by atoms with Crippen LogP contribution in [-0.4, -0.2) is 36.1 Å². The van der Waals surface area contributed by atoms with Crippen LogP contribution in [0.2, 0.25) is 0 Å². The van der Waals surface area contributed by atoms with Crippen molar-refractivity contribution in [3.05, 3.63) is 0 Å². The predicted octanol–water partition coefficient (Wildman–Crippen LogP) is 4.44. The van der Waals surface area contributed by atoms with Crippen LogP contribution in [0.5, 0.6) is 0 Å². The smallest absolute Gasteiger partial charge is 0.0274 e. The van der Waals surface area contributed by atoms with Crippen molar-refractivity contribution in [1.29, 1.82) is 0 Å². The fraction of sp³-hybridized carbons (Fsp3) is 1.00. The Bertz CT molecular complexity index is 262. The van der Waals surface area contributed by atoms with Crippen molar-refractivity contribution < 1.29 is 0 Å². The standard InChI is InChI=1S/C18H38N2/c1-7-10-14-20(15(4)8-2)16-12-11-13-18(5,6)17(16)19-9-3/h15-17,19H,7-14H2,1-6H3. The van der Waals surface area contributed by atoms with Gasteiger partial charge in [0.2, 0.25) is 0 Å². The molecule has 0 aromatic carbocycles. The van der Waals surface area contributed by atoms with Gasteiger partial charge in [0.1, 0.15) is 0 Å². The lowest BCUT2D eigenvalue weighted by atomic mass is 9.70. The highest BCUT2D eigenvalue weighted by Gasteiger charge is 2.41. The van der Waals surface area contributed by atoms with Crippen LogP contribution in [0.4, 0.5) is 0 Å². The molecule has 1 aliphatic carbocycles. The zero-order chi connectivity index (χ0) is 15.2. The number of hydrogen-bond donors (Lipinski definition) is 1. The Labute approximate surface area is 127 Å². The monoisotopic (exact) mass is 282 g/mol. The lowest BCUT2D eigenvalue weighted by Crippen LogP contribution is -2.60. The second kappa shape index (κ2) is 8.38. The molecular weight excluding hydrogens is 244 g/mol. The van der Waals surface area contributed by atoms with Crippen molar-refractivity contribution in [2.45, 2.75) is 98.2 Å². The van der Waals surface area contributed by atoms with E-state index >= 15 is 0 Å². The van der Waals surface area contributed by atoms with Gasteiger partial charge in [0.15, 0.2) is 0 Å². The molecule has 1 aliphatic rings. The summed E-state index contributed by atoms with van der Waals surface area (Å²) in [6.45, 7) is 16.6. The largest absolute Gasteiger partial charge is 0.312 e. The first-order valence-corrected chi connectivity index (χ1v) is 8.97. The topological polar surface area (TPSA) is 15.3 Å². The Kier molecular flexibility index (Phi) is 7.53. The van der Waals surface area contributed by atoms with Gasteiger partial charge < -0.3 is 5.32 Å². The molecule has 2 heteroatoms. The fourth-order valence-electron chi connectivity index (χ4n) is 3.89. The number of likely N-dealkylation sites (N-methyl/N-ethyl adjacent to an activating group) is 1. The van der Waals surface area contributed by atoms with Gasteiger partial charge in [-0.15, -0.1) is 0 Å². The number of nitrogens with zero attached hydrogens (tertiary/aromatic N) is 1. The number of nitrogens with one attached hydrogen (secondary N) is 1. The second-order valence-electron chi connectivity index (χ2n) is 7.33. The SMILES string of the molecule is CCCCN(C(C)CC)C1CCCC(C)(C)C1NCC. The van der Waals surface area contributed by atoms with Crippen LogP contribution in [0, 0.1) is 5.41 Å². The number of unbranched alkanes of at least 4 members (excludes halogenated alkanes) is 1. The highest BCUT2D eigenvalue weighted by molar-refractivity contribution is 4.98.